The molecule has 1 aromatic rings. The highest BCUT2D eigenvalue weighted by molar-refractivity contribution is 8.67. The SMILES string of the molecule is CC(C)OP(=S)(OC(C)C)SCCCNS(=O)(=O)c1ccccc1. The van der Waals surface area contributed by atoms with Crippen LogP contribution in [-0.2, 0) is 30.9 Å². The van der Waals surface area contributed by atoms with E-state index in [1.54, 1.807) is 30.3 Å². The number of sulfonamides is 1. The molecule has 1 aromatic carbocycles. The topological polar surface area (TPSA) is 64.6 Å². The third-order valence-corrected chi connectivity index (χ3v) is 9.70. The molecule has 24 heavy (non-hydrogen) atoms. The van der Waals surface area contributed by atoms with Gasteiger partial charge in [-0.2, -0.15) is 0 Å². The number of benzene rings is 1. The molecule has 0 aliphatic rings. The van der Waals surface area contributed by atoms with Crippen LogP contribution >= 0.6 is 17.1 Å². The van der Waals surface area contributed by atoms with Crippen molar-refractivity contribution in [1.82, 2.24) is 4.72 Å². The molecule has 0 heterocycles. The summed E-state index contributed by atoms with van der Waals surface area (Å²) < 4.78 is 38.4. The van der Waals surface area contributed by atoms with Crippen molar-refractivity contribution in [2.24, 2.45) is 0 Å². The monoisotopic (exact) mass is 411 g/mol. The van der Waals surface area contributed by atoms with E-state index in [1.165, 1.54) is 11.4 Å². The van der Waals surface area contributed by atoms with Gasteiger partial charge in [-0.05, 0) is 58.1 Å². The molecular formula is C15H26NO4PS3. The van der Waals surface area contributed by atoms with Gasteiger partial charge >= 0.3 is 0 Å². The molecule has 0 unspecified atom stereocenters. The van der Waals surface area contributed by atoms with E-state index >= 15 is 0 Å². The number of nitrogens with one attached hydrogen (secondary N) is 1. The molecule has 0 fully saturated rings. The predicted octanol–water partition coefficient (Wildman–Crippen LogP) is 4.16. The molecule has 9 heteroatoms. The highest BCUT2D eigenvalue weighted by Gasteiger charge is 2.23. The summed E-state index contributed by atoms with van der Waals surface area (Å²) in [5.74, 6) is 0.675. The van der Waals surface area contributed by atoms with Gasteiger partial charge in [-0.15, -0.1) is 0 Å². The van der Waals surface area contributed by atoms with Crippen molar-refractivity contribution in [3.05, 3.63) is 30.3 Å². The molecule has 138 valence electrons. The van der Waals surface area contributed by atoms with E-state index in [0.717, 1.165) is 0 Å². The average molecular weight is 412 g/mol. The summed E-state index contributed by atoms with van der Waals surface area (Å²) in [5.41, 5.74) is -2.40. The summed E-state index contributed by atoms with van der Waals surface area (Å²) in [6.07, 6.45) is 0.648. The molecule has 5 nitrogen and oxygen atoms in total. The second kappa shape index (κ2) is 10.3. The highest BCUT2D eigenvalue weighted by Crippen LogP contribution is 2.62. The zero-order chi connectivity index (χ0) is 18.2. The summed E-state index contributed by atoms with van der Waals surface area (Å²) in [6.45, 7) is 8.07. The summed E-state index contributed by atoms with van der Waals surface area (Å²) in [5, 5.41) is 0. The van der Waals surface area contributed by atoms with Gasteiger partial charge in [0.1, 0.15) is 0 Å². The van der Waals surface area contributed by atoms with Crippen molar-refractivity contribution < 1.29 is 17.5 Å². The molecular weight excluding hydrogens is 385 g/mol. The molecule has 1 rings (SSSR count). The molecule has 0 aromatic heterocycles. The number of hydrogen-bond donors (Lipinski definition) is 1. The first-order valence-electron chi connectivity index (χ1n) is 7.81. The van der Waals surface area contributed by atoms with Gasteiger partial charge in [0.2, 0.25) is 15.7 Å². The van der Waals surface area contributed by atoms with Crippen LogP contribution in [0.15, 0.2) is 35.2 Å². The van der Waals surface area contributed by atoms with Gasteiger partial charge in [-0.3, -0.25) is 0 Å². The first-order chi connectivity index (χ1) is 11.1. The molecule has 1 N–H and O–H groups in total. The van der Waals surface area contributed by atoms with E-state index in [2.05, 4.69) is 4.72 Å². The number of hydrogen-bond acceptors (Lipinski definition) is 6. The van der Waals surface area contributed by atoms with E-state index < -0.39 is 15.7 Å². The Labute approximate surface area is 154 Å². The van der Waals surface area contributed by atoms with Crippen molar-refractivity contribution in [1.29, 1.82) is 0 Å². The molecule has 0 radical (unpaired) electrons. The molecule has 0 aliphatic carbocycles. The maximum absolute atomic E-state index is 12.1. The largest absolute Gasteiger partial charge is 0.319 e. The minimum atomic E-state index is -3.45. The van der Waals surface area contributed by atoms with E-state index in [1.807, 2.05) is 27.7 Å². The maximum atomic E-state index is 12.1. The van der Waals surface area contributed by atoms with Gasteiger partial charge in [-0.25, -0.2) is 13.1 Å². The van der Waals surface area contributed by atoms with Gasteiger partial charge in [0.05, 0.1) is 17.1 Å². The predicted molar refractivity (Wildman–Crippen MR) is 105 cm³/mol. The Balaban J connectivity index is 2.45. The van der Waals surface area contributed by atoms with Gasteiger partial charge in [0.25, 0.3) is 0 Å². The van der Waals surface area contributed by atoms with Crippen LogP contribution in [0.4, 0.5) is 0 Å². The molecule has 0 bridgehead atoms. The molecule has 0 saturated heterocycles. The van der Waals surface area contributed by atoms with E-state index in [-0.39, 0.29) is 17.1 Å². The fourth-order valence-corrected chi connectivity index (χ4v) is 8.70. The van der Waals surface area contributed by atoms with Crippen LogP contribution < -0.4 is 4.72 Å². The summed E-state index contributed by atoms with van der Waals surface area (Å²) in [7, 11) is -3.45. The molecule has 0 spiro atoms. The minimum Gasteiger partial charge on any atom is -0.319 e. The second-order valence-corrected chi connectivity index (χ2v) is 13.8. The van der Waals surface area contributed by atoms with E-state index in [0.29, 0.717) is 18.7 Å². The lowest BCUT2D eigenvalue weighted by molar-refractivity contribution is 0.186. The lowest BCUT2D eigenvalue weighted by Crippen LogP contribution is -2.25. The van der Waals surface area contributed by atoms with Gasteiger partial charge in [0, 0.05) is 12.3 Å². The van der Waals surface area contributed by atoms with Crippen molar-refractivity contribution in [3.63, 3.8) is 0 Å². The smallest absolute Gasteiger partial charge is 0.247 e. The maximum Gasteiger partial charge on any atom is 0.247 e. The molecule has 0 atom stereocenters. The zero-order valence-corrected chi connectivity index (χ0v) is 17.8. The highest BCUT2D eigenvalue weighted by atomic mass is 32.9. The first kappa shape index (κ1) is 22.1. The van der Waals surface area contributed by atoms with Crippen LogP contribution in [0.25, 0.3) is 0 Å². The summed E-state index contributed by atoms with van der Waals surface area (Å²) >= 11 is 7.02. The Morgan fingerprint density at radius 1 is 1.12 bits per heavy atom. The molecule has 0 aliphatic heterocycles. The average Bonchev–Trinajstić information content (AvgIpc) is 2.45. The Kier molecular flexibility index (Phi) is 9.44. The third-order valence-electron chi connectivity index (χ3n) is 2.60. The fraction of sp³-hybridized carbons (Fsp3) is 0.600. The lowest BCUT2D eigenvalue weighted by atomic mass is 10.4. The first-order valence-corrected chi connectivity index (χ1v) is 13.5. The lowest BCUT2D eigenvalue weighted by Gasteiger charge is -2.25. The van der Waals surface area contributed by atoms with Crippen LogP contribution in [0.3, 0.4) is 0 Å². The standard InChI is InChI=1S/C15H26NO4PS3/c1-13(2)19-21(22,20-14(3)4)23-12-8-11-16-24(17,18)15-9-6-5-7-10-15/h5-7,9-10,13-14,16H,8,11-12H2,1-4H3. The van der Waals surface area contributed by atoms with Crippen LogP contribution in [0, 0.1) is 0 Å². The zero-order valence-electron chi connectivity index (χ0n) is 14.5. The van der Waals surface area contributed by atoms with Crippen LogP contribution in [0.5, 0.6) is 0 Å². The van der Waals surface area contributed by atoms with Gasteiger partial charge < -0.3 is 9.05 Å². The van der Waals surface area contributed by atoms with Crippen molar-refractivity contribution in [2.45, 2.75) is 51.2 Å². The second-order valence-electron chi connectivity index (χ2n) is 5.65. The Morgan fingerprint density at radius 2 is 1.67 bits per heavy atom. The summed E-state index contributed by atoms with van der Waals surface area (Å²) in [6, 6.07) is 8.33. The minimum absolute atomic E-state index is 0.00123. The van der Waals surface area contributed by atoms with Gasteiger partial charge in [0.15, 0.2) is 0 Å². The van der Waals surface area contributed by atoms with Gasteiger partial charge in [-0.1, -0.05) is 29.6 Å². The molecule has 0 saturated carbocycles. The van der Waals surface area contributed by atoms with Crippen molar-refractivity contribution >= 4 is 38.9 Å². The van der Waals surface area contributed by atoms with Crippen LogP contribution in [-0.4, -0.2) is 32.9 Å². The number of rotatable bonds is 11. The van der Waals surface area contributed by atoms with Crippen LogP contribution in [0.2, 0.25) is 0 Å². The fourth-order valence-electron chi connectivity index (χ4n) is 1.74. The van der Waals surface area contributed by atoms with Crippen molar-refractivity contribution in [2.75, 3.05) is 12.3 Å². The Morgan fingerprint density at radius 3 is 2.17 bits per heavy atom. The third kappa shape index (κ3) is 8.43. The van der Waals surface area contributed by atoms with E-state index in [9.17, 15) is 8.42 Å². The Hall–Kier alpha value is 0.0500. The van der Waals surface area contributed by atoms with Crippen molar-refractivity contribution in [3.8, 4) is 0 Å². The summed E-state index contributed by atoms with van der Waals surface area (Å²) in [4.78, 5) is 0.272. The quantitative estimate of drug-likeness (QED) is 0.436. The normalized spacial score (nSPS) is 12.9. The van der Waals surface area contributed by atoms with Crippen LogP contribution in [0.1, 0.15) is 34.1 Å². The Bertz CT molecular complexity index is 621. The van der Waals surface area contributed by atoms with E-state index in [4.69, 9.17) is 20.9 Å². The molecule has 0 amide bonds.